The number of aromatic nitrogens is 3. The van der Waals surface area contributed by atoms with Crippen molar-refractivity contribution in [2.45, 2.75) is 25.2 Å². The molecule has 2 aliphatic carbocycles. The van der Waals surface area contributed by atoms with Crippen LogP contribution >= 0.6 is 0 Å². The SMILES string of the molecule is C=Cc1c(/C=C\Cc2ccc3oc4ccccc4c3c2-c2nc(C3=CCC4(C)C(=C3)C=Cc3ccccc34)nc(-c3ccccc3)n2)oc2ccccc12. The van der Waals surface area contributed by atoms with Gasteiger partial charge >= 0.3 is 0 Å². The van der Waals surface area contributed by atoms with E-state index in [0.717, 1.165) is 72.9 Å². The first kappa shape index (κ1) is 31.9. The van der Waals surface area contributed by atoms with Crippen LogP contribution in [0.15, 0.2) is 161 Å². The van der Waals surface area contributed by atoms with Gasteiger partial charge in [0.15, 0.2) is 17.5 Å². The number of hydrogen-bond acceptors (Lipinski definition) is 5. The number of rotatable bonds is 7. The number of para-hydroxylation sites is 2. The molecule has 8 aromatic rings. The summed E-state index contributed by atoms with van der Waals surface area (Å²) in [6, 6.07) is 39.2. The zero-order valence-electron chi connectivity index (χ0n) is 29.8. The minimum Gasteiger partial charge on any atom is -0.456 e. The van der Waals surface area contributed by atoms with Gasteiger partial charge in [-0.3, -0.25) is 0 Å². The van der Waals surface area contributed by atoms with Gasteiger partial charge in [-0.1, -0.05) is 141 Å². The minimum atomic E-state index is -0.126. The summed E-state index contributed by atoms with van der Waals surface area (Å²) in [7, 11) is 0. The molecule has 0 saturated carbocycles. The molecule has 3 aromatic heterocycles. The third kappa shape index (κ3) is 5.20. The molecule has 2 aliphatic rings. The molecule has 10 rings (SSSR count). The molecule has 5 heteroatoms. The highest BCUT2D eigenvalue weighted by molar-refractivity contribution is 6.12. The Morgan fingerprint density at radius 2 is 1.43 bits per heavy atom. The molecule has 258 valence electrons. The van der Waals surface area contributed by atoms with E-state index in [9.17, 15) is 0 Å². The van der Waals surface area contributed by atoms with E-state index in [2.05, 4.69) is 105 Å². The first-order valence-corrected chi connectivity index (χ1v) is 18.3. The Labute approximate surface area is 313 Å². The standard InChI is InChI=1S/C49H35N3O2/c1-3-36-37-18-8-11-21-41(37)53-40(36)23-13-17-32-25-27-43-45(38-19-9-12-22-42(38)54-43)44(32)48-51-46(33-15-5-4-6-16-33)50-47(52-48)34-28-29-49(2)35(30-34)26-24-31-14-7-10-20-39(31)49/h3-16,18-28,30H,1,17,29H2,2H3/b23-13-. The van der Waals surface area contributed by atoms with Gasteiger partial charge < -0.3 is 8.83 Å². The molecular weight excluding hydrogens is 663 g/mol. The van der Waals surface area contributed by atoms with Gasteiger partial charge in [0.1, 0.15) is 22.5 Å². The molecular formula is C49H35N3O2. The van der Waals surface area contributed by atoms with Crippen LogP contribution in [0.2, 0.25) is 0 Å². The molecule has 5 aromatic carbocycles. The maximum atomic E-state index is 6.42. The Bertz CT molecular complexity index is 2920. The molecule has 5 nitrogen and oxygen atoms in total. The maximum Gasteiger partial charge on any atom is 0.165 e. The van der Waals surface area contributed by atoms with E-state index in [-0.39, 0.29) is 5.41 Å². The smallest absolute Gasteiger partial charge is 0.165 e. The van der Waals surface area contributed by atoms with Crippen molar-refractivity contribution >= 4 is 56.7 Å². The lowest BCUT2D eigenvalue weighted by atomic mass is 9.66. The summed E-state index contributed by atoms with van der Waals surface area (Å²) in [6.07, 6.45) is 16.5. The zero-order valence-corrected chi connectivity index (χ0v) is 29.8. The van der Waals surface area contributed by atoms with E-state index in [4.69, 9.17) is 23.8 Å². The molecule has 0 saturated heterocycles. The molecule has 0 N–H and O–H groups in total. The third-order valence-electron chi connectivity index (χ3n) is 10.9. The fraction of sp³-hybridized carbons (Fsp3) is 0.0816. The minimum absolute atomic E-state index is 0.126. The van der Waals surface area contributed by atoms with Crippen molar-refractivity contribution in [3.8, 4) is 22.8 Å². The Hall–Kier alpha value is -6.85. The molecule has 0 fully saturated rings. The van der Waals surface area contributed by atoms with Crippen molar-refractivity contribution in [3.05, 3.63) is 186 Å². The largest absolute Gasteiger partial charge is 0.456 e. The zero-order chi connectivity index (χ0) is 36.2. The highest BCUT2D eigenvalue weighted by atomic mass is 16.3. The Balaban J connectivity index is 1.15. The van der Waals surface area contributed by atoms with E-state index in [0.29, 0.717) is 23.9 Å². The lowest BCUT2D eigenvalue weighted by Crippen LogP contribution is -2.28. The van der Waals surface area contributed by atoms with Crippen LogP contribution in [0, 0.1) is 0 Å². The van der Waals surface area contributed by atoms with Gasteiger partial charge in [-0.15, -0.1) is 0 Å². The number of nitrogens with zero attached hydrogens (tertiary/aromatic N) is 3. The monoisotopic (exact) mass is 697 g/mol. The predicted octanol–water partition coefficient (Wildman–Crippen LogP) is 12.4. The van der Waals surface area contributed by atoms with Gasteiger partial charge in [0.05, 0.1) is 0 Å². The summed E-state index contributed by atoms with van der Waals surface area (Å²) >= 11 is 0. The number of fused-ring (bicyclic) bond motifs is 7. The average molecular weight is 698 g/mol. The van der Waals surface area contributed by atoms with E-state index in [1.54, 1.807) is 0 Å². The van der Waals surface area contributed by atoms with Crippen LogP contribution in [0.3, 0.4) is 0 Å². The summed E-state index contributed by atoms with van der Waals surface area (Å²) in [5.74, 6) is 2.65. The highest BCUT2D eigenvalue weighted by Gasteiger charge is 2.35. The highest BCUT2D eigenvalue weighted by Crippen LogP contribution is 2.46. The quantitative estimate of drug-likeness (QED) is 0.166. The third-order valence-corrected chi connectivity index (χ3v) is 10.9. The first-order chi connectivity index (χ1) is 26.6. The van der Waals surface area contributed by atoms with Crippen molar-refractivity contribution in [2.24, 2.45) is 0 Å². The Morgan fingerprint density at radius 3 is 2.28 bits per heavy atom. The first-order valence-electron chi connectivity index (χ1n) is 18.3. The summed E-state index contributed by atoms with van der Waals surface area (Å²) in [5.41, 5.74) is 11.1. The van der Waals surface area contributed by atoms with Crippen LogP contribution in [0.1, 0.15) is 47.2 Å². The lowest BCUT2D eigenvalue weighted by Gasteiger charge is -2.37. The van der Waals surface area contributed by atoms with E-state index in [1.165, 1.54) is 16.7 Å². The summed E-state index contributed by atoms with van der Waals surface area (Å²) in [4.78, 5) is 15.7. The lowest BCUT2D eigenvalue weighted by molar-refractivity contribution is 0.570. The fourth-order valence-electron chi connectivity index (χ4n) is 8.13. The van der Waals surface area contributed by atoms with Gasteiger partial charge in [0, 0.05) is 43.8 Å². The molecule has 1 atom stereocenters. The predicted molar refractivity (Wildman–Crippen MR) is 221 cm³/mol. The molecule has 0 bridgehead atoms. The number of benzene rings is 5. The second kappa shape index (κ2) is 12.7. The van der Waals surface area contributed by atoms with Crippen LogP contribution in [-0.2, 0) is 11.8 Å². The van der Waals surface area contributed by atoms with Crippen LogP contribution in [-0.4, -0.2) is 15.0 Å². The number of furan rings is 2. The second-order valence-corrected chi connectivity index (χ2v) is 14.1. The average Bonchev–Trinajstić information content (AvgIpc) is 3.78. The van der Waals surface area contributed by atoms with Crippen LogP contribution in [0.25, 0.3) is 79.5 Å². The summed E-state index contributed by atoms with van der Waals surface area (Å²) < 4.78 is 12.7. The van der Waals surface area contributed by atoms with Gasteiger partial charge in [0.2, 0.25) is 0 Å². The van der Waals surface area contributed by atoms with Crippen LogP contribution in [0.5, 0.6) is 0 Å². The number of allylic oxidation sites excluding steroid dienone is 6. The maximum absolute atomic E-state index is 6.42. The van der Waals surface area contributed by atoms with Crippen molar-refractivity contribution in [1.82, 2.24) is 15.0 Å². The fourth-order valence-corrected chi connectivity index (χ4v) is 8.13. The molecule has 0 aliphatic heterocycles. The molecule has 0 radical (unpaired) electrons. The molecule has 0 amide bonds. The second-order valence-electron chi connectivity index (χ2n) is 14.1. The topological polar surface area (TPSA) is 65.0 Å². The molecule has 3 heterocycles. The van der Waals surface area contributed by atoms with E-state index < -0.39 is 0 Å². The van der Waals surface area contributed by atoms with Gasteiger partial charge in [-0.25, -0.2) is 15.0 Å². The van der Waals surface area contributed by atoms with Gasteiger partial charge in [-0.2, -0.15) is 0 Å². The van der Waals surface area contributed by atoms with Crippen molar-refractivity contribution in [3.63, 3.8) is 0 Å². The van der Waals surface area contributed by atoms with Gasteiger partial charge in [0.25, 0.3) is 0 Å². The van der Waals surface area contributed by atoms with Crippen molar-refractivity contribution in [1.29, 1.82) is 0 Å². The van der Waals surface area contributed by atoms with Gasteiger partial charge in [-0.05, 0) is 65.5 Å². The van der Waals surface area contributed by atoms with Crippen LogP contribution in [0.4, 0.5) is 0 Å². The van der Waals surface area contributed by atoms with E-state index >= 15 is 0 Å². The van der Waals surface area contributed by atoms with Crippen molar-refractivity contribution < 1.29 is 8.83 Å². The normalized spacial score (nSPS) is 16.5. The van der Waals surface area contributed by atoms with Crippen LogP contribution < -0.4 is 0 Å². The Morgan fingerprint density at radius 1 is 0.704 bits per heavy atom. The summed E-state index contributed by atoms with van der Waals surface area (Å²) in [6.45, 7) is 6.40. The molecule has 1 unspecified atom stereocenters. The van der Waals surface area contributed by atoms with Crippen molar-refractivity contribution in [2.75, 3.05) is 0 Å². The molecule has 0 spiro atoms. The number of hydrogen-bond donors (Lipinski definition) is 0. The van der Waals surface area contributed by atoms with E-state index in [1.807, 2.05) is 66.7 Å². The molecule has 54 heavy (non-hydrogen) atoms. The Kier molecular flexibility index (Phi) is 7.48. The summed E-state index contributed by atoms with van der Waals surface area (Å²) in [5, 5.41) is 3.05.